The molecule has 3 rings (SSSR count). The molecule has 0 unspecified atom stereocenters. The third-order valence-corrected chi connectivity index (χ3v) is 2.96. The van der Waals surface area contributed by atoms with Gasteiger partial charge in [-0.15, -0.1) is 0 Å². The van der Waals surface area contributed by atoms with Crippen LogP contribution in [0.25, 0.3) is 23.1 Å². The second-order valence-electron chi connectivity index (χ2n) is 4.29. The van der Waals surface area contributed by atoms with E-state index >= 15 is 0 Å². The average molecular weight is 265 g/mol. The van der Waals surface area contributed by atoms with Gasteiger partial charge in [0.25, 0.3) is 0 Å². The lowest BCUT2D eigenvalue weighted by Gasteiger charge is -1.95. The van der Waals surface area contributed by atoms with Crippen molar-refractivity contribution in [2.45, 2.75) is 0 Å². The molecule has 2 aromatic heterocycles. The number of pyridine rings is 1. The second-order valence-corrected chi connectivity index (χ2v) is 4.29. The molecule has 0 atom stereocenters. The van der Waals surface area contributed by atoms with Crippen molar-refractivity contribution in [3.8, 4) is 0 Å². The van der Waals surface area contributed by atoms with Crippen LogP contribution in [0.15, 0.2) is 42.7 Å². The summed E-state index contributed by atoms with van der Waals surface area (Å²) in [5.74, 6) is -0.949. The highest BCUT2D eigenvalue weighted by atomic mass is 16.4. The highest BCUT2D eigenvalue weighted by Crippen LogP contribution is 2.19. The Morgan fingerprint density at radius 2 is 2.15 bits per heavy atom. The molecular weight excluding hydrogens is 254 g/mol. The van der Waals surface area contributed by atoms with Crippen molar-refractivity contribution >= 4 is 29.0 Å². The summed E-state index contributed by atoms with van der Waals surface area (Å²) in [5, 5.41) is 16.9. The Kier molecular flexibility index (Phi) is 3.01. The van der Waals surface area contributed by atoms with E-state index in [-0.39, 0.29) is 5.56 Å². The van der Waals surface area contributed by atoms with Crippen LogP contribution >= 0.6 is 0 Å². The van der Waals surface area contributed by atoms with Gasteiger partial charge in [-0.2, -0.15) is 5.10 Å². The largest absolute Gasteiger partial charge is 0.478 e. The number of benzene rings is 1. The van der Waals surface area contributed by atoms with Gasteiger partial charge in [0.2, 0.25) is 0 Å². The van der Waals surface area contributed by atoms with Crippen molar-refractivity contribution in [1.82, 2.24) is 15.2 Å². The van der Waals surface area contributed by atoms with Gasteiger partial charge >= 0.3 is 5.97 Å². The number of hydrogen-bond donors (Lipinski definition) is 2. The number of hydrogen-bond acceptors (Lipinski definition) is 3. The van der Waals surface area contributed by atoms with Crippen LogP contribution in [-0.4, -0.2) is 26.3 Å². The summed E-state index contributed by atoms with van der Waals surface area (Å²) in [6.45, 7) is 0. The molecule has 0 spiro atoms. The van der Waals surface area contributed by atoms with E-state index in [1.807, 2.05) is 24.3 Å². The van der Waals surface area contributed by atoms with Crippen molar-refractivity contribution in [3.05, 3.63) is 59.5 Å². The first-order valence-corrected chi connectivity index (χ1v) is 6.03. The fourth-order valence-electron chi connectivity index (χ4n) is 1.94. The van der Waals surface area contributed by atoms with E-state index in [2.05, 4.69) is 15.2 Å². The summed E-state index contributed by atoms with van der Waals surface area (Å²) in [6, 6.07) is 8.67. The van der Waals surface area contributed by atoms with Gasteiger partial charge < -0.3 is 5.11 Å². The molecule has 0 saturated carbocycles. The minimum absolute atomic E-state index is 0.245. The summed E-state index contributed by atoms with van der Waals surface area (Å²) < 4.78 is 0. The molecule has 0 aliphatic heterocycles. The van der Waals surface area contributed by atoms with E-state index in [9.17, 15) is 4.79 Å². The molecule has 98 valence electrons. The third-order valence-electron chi connectivity index (χ3n) is 2.96. The first-order valence-electron chi connectivity index (χ1n) is 6.03. The molecule has 2 heterocycles. The summed E-state index contributed by atoms with van der Waals surface area (Å²) in [4.78, 5) is 15.0. The Labute approximate surface area is 114 Å². The average Bonchev–Trinajstić information content (AvgIpc) is 2.88. The van der Waals surface area contributed by atoms with Gasteiger partial charge in [-0.05, 0) is 35.9 Å². The topological polar surface area (TPSA) is 78.9 Å². The highest BCUT2D eigenvalue weighted by molar-refractivity contribution is 5.96. The predicted octanol–water partition coefficient (Wildman–Crippen LogP) is 2.83. The van der Waals surface area contributed by atoms with Crippen LogP contribution < -0.4 is 0 Å². The maximum Gasteiger partial charge on any atom is 0.335 e. The SMILES string of the molecule is O=C(O)c1ccc2[nH]nc(/C=C/c3cccnc3)c2c1. The first-order chi connectivity index (χ1) is 9.74. The van der Waals surface area contributed by atoms with Crippen LogP contribution in [0.3, 0.4) is 0 Å². The van der Waals surface area contributed by atoms with Gasteiger partial charge in [0.15, 0.2) is 0 Å². The smallest absolute Gasteiger partial charge is 0.335 e. The fourth-order valence-corrected chi connectivity index (χ4v) is 1.94. The minimum atomic E-state index is -0.949. The van der Waals surface area contributed by atoms with Crippen LogP contribution in [0.4, 0.5) is 0 Å². The van der Waals surface area contributed by atoms with Gasteiger partial charge in [-0.3, -0.25) is 10.1 Å². The Hall–Kier alpha value is -2.95. The Bertz CT molecular complexity index is 791. The molecule has 5 heteroatoms. The maximum atomic E-state index is 11.0. The van der Waals surface area contributed by atoms with Gasteiger partial charge in [0, 0.05) is 17.8 Å². The Balaban J connectivity index is 2.01. The zero-order chi connectivity index (χ0) is 13.9. The zero-order valence-electron chi connectivity index (χ0n) is 10.4. The lowest BCUT2D eigenvalue weighted by Crippen LogP contribution is -1.94. The van der Waals surface area contributed by atoms with Crippen molar-refractivity contribution in [2.24, 2.45) is 0 Å². The standard InChI is InChI=1S/C15H11N3O2/c19-15(20)11-4-6-14-12(8-11)13(17-18-14)5-3-10-2-1-7-16-9-10/h1-9H,(H,17,18)(H,19,20)/b5-3+. The molecular formula is C15H11N3O2. The summed E-state index contributed by atoms with van der Waals surface area (Å²) in [5.41, 5.74) is 2.71. The van der Waals surface area contributed by atoms with Crippen LogP contribution in [0.2, 0.25) is 0 Å². The van der Waals surface area contributed by atoms with Crippen LogP contribution in [-0.2, 0) is 0 Å². The molecule has 0 fully saturated rings. The molecule has 20 heavy (non-hydrogen) atoms. The fraction of sp³-hybridized carbons (Fsp3) is 0. The summed E-state index contributed by atoms with van der Waals surface area (Å²) >= 11 is 0. The molecule has 0 aliphatic rings. The van der Waals surface area contributed by atoms with E-state index in [1.165, 1.54) is 0 Å². The number of carboxylic acid groups (broad SMARTS) is 1. The second kappa shape index (κ2) is 4.97. The van der Waals surface area contributed by atoms with E-state index in [0.717, 1.165) is 16.5 Å². The molecule has 0 saturated heterocycles. The van der Waals surface area contributed by atoms with Crippen molar-refractivity contribution in [2.75, 3.05) is 0 Å². The van der Waals surface area contributed by atoms with Crippen molar-refractivity contribution in [1.29, 1.82) is 0 Å². The van der Waals surface area contributed by atoms with Crippen molar-refractivity contribution < 1.29 is 9.90 Å². The lowest BCUT2D eigenvalue weighted by molar-refractivity contribution is 0.0697. The van der Waals surface area contributed by atoms with Crippen LogP contribution in [0.1, 0.15) is 21.6 Å². The highest BCUT2D eigenvalue weighted by Gasteiger charge is 2.07. The third kappa shape index (κ3) is 2.29. The maximum absolute atomic E-state index is 11.0. The van der Waals surface area contributed by atoms with E-state index in [0.29, 0.717) is 5.69 Å². The number of aromatic nitrogens is 3. The lowest BCUT2D eigenvalue weighted by atomic mass is 10.1. The van der Waals surface area contributed by atoms with E-state index < -0.39 is 5.97 Å². The number of aromatic carboxylic acids is 1. The number of rotatable bonds is 3. The molecule has 0 amide bonds. The number of carbonyl (C=O) groups is 1. The summed E-state index contributed by atoms with van der Waals surface area (Å²) in [7, 11) is 0. The number of nitrogens with one attached hydrogen (secondary N) is 1. The van der Waals surface area contributed by atoms with Gasteiger partial charge in [-0.25, -0.2) is 4.79 Å². The van der Waals surface area contributed by atoms with Gasteiger partial charge in [0.1, 0.15) is 0 Å². The summed E-state index contributed by atoms with van der Waals surface area (Å²) in [6.07, 6.45) is 7.17. The zero-order valence-corrected chi connectivity index (χ0v) is 10.4. The van der Waals surface area contributed by atoms with Crippen molar-refractivity contribution in [3.63, 3.8) is 0 Å². The van der Waals surface area contributed by atoms with Crippen LogP contribution in [0, 0.1) is 0 Å². The molecule has 0 aliphatic carbocycles. The number of H-pyrrole nitrogens is 1. The van der Waals surface area contributed by atoms with Gasteiger partial charge in [-0.1, -0.05) is 12.1 Å². The Morgan fingerprint density at radius 3 is 2.90 bits per heavy atom. The first kappa shape index (κ1) is 12.1. The Morgan fingerprint density at radius 1 is 1.25 bits per heavy atom. The minimum Gasteiger partial charge on any atom is -0.478 e. The monoisotopic (exact) mass is 265 g/mol. The number of nitrogens with zero attached hydrogens (tertiary/aromatic N) is 2. The molecule has 0 bridgehead atoms. The molecule has 5 nitrogen and oxygen atoms in total. The quantitative estimate of drug-likeness (QED) is 0.763. The molecule has 0 radical (unpaired) electrons. The number of aromatic amines is 1. The van der Waals surface area contributed by atoms with Gasteiger partial charge in [0.05, 0.1) is 16.8 Å². The van der Waals surface area contributed by atoms with E-state index in [1.54, 1.807) is 30.6 Å². The normalized spacial score (nSPS) is 11.2. The number of carboxylic acids is 1. The van der Waals surface area contributed by atoms with E-state index in [4.69, 9.17) is 5.11 Å². The molecule has 1 aromatic carbocycles. The predicted molar refractivity (Wildman–Crippen MR) is 76.2 cm³/mol. The van der Waals surface area contributed by atoms with Crippen LogP contribution in [0.5, 0.6) is 0 Å². The number of fused-ring (bicyclic) bond motifs is 1. The molecule has 3 aromatic rings. The molecule has 2 N–H and O–H groups in total.